The maximum Gasteiger partial charge on any atom is 0.331 e. The van der Waals surface area contributed by atoms with Crippen molar-refractivity contribution in [3.8, 4) is 0 Å². The van der Waals surface area contributed by atoms with Gasteiger partial charge in [-0.3, -0.25) is 14.5 Å². The van der Waals surface area contributed by atoms with Gasteiger partial charge in [0.1, 0.15) is 6.04 Å². The topological polar surface area (TPSA) is 90.0 Å². The molecule has 0 aromatic heterocycles. The summed E-state index contributed by atoms with van der Waals surface area (Å²) in [5, 5.41) is 12.4. The highest BCUT2D eigenvalue weighted by Crippen LogP contribution is 2.26. The Morgan fingerprint density at radius 2 is 1.79 bits per heavy atom. The van der Waals surface area contributed by atoms with Crippen LogP contribution in [-0.2, 0) is 14.4 Å². The minimum absolute atomic E-state index is 0.0216. The van der Waals surface area contributed by atoms with Gasteiger partial charge in [0.15, 0.2) is 0 Å². The van der Waals surface area contributed by atoms with E-state index < -0.39 is 17.4 Å². The van der Waals surface area contributed by atoms with Gasteiger partial charge in [-0.05, 0) is 51.0 Å². The van der Waals surface area contributed by atoms with Crippen molar-refractivity contribution in [2.75, 3.05) is 13.6 Å². The van der Waals surface area contributed by atoms with Gasteiger partial charge >= 0.3 is 5.97 Å². The third kappa shape index (κ3) is 8.13. The highest BCUT2D eigenvalue weighted by molar-refractivity contribution is 5.91. The minimum Gasteiger partial charge on any atom is -0.478 e. The van der Waals surface area contributed by atoms with E-state index in [0.717, 1.165) is 38.6 Å². The van der Waals surface area contributed by atoms with E-state index in [1.807, 2.05) is 34.6 Å². The number of nitrogens with one attached hydrogen (secondary N) is 1. The van der Waals surface area contributed by atoms with Crippen molar-refractivity contribution in [1.29, 1.82) is 0 Å². The lowest BCUT2D eigenvalue weighted by molar-refractivity contribution is -0.142. The second kappa shape index (κ2) is 12.5. The molecule has 0 radical (unpaired) electrons. The Balaban J connectivity index is 3.16. The molecule has 1 unspecified atom stereocenters. The van der Waals surface area contributed by atoms with Crippen molar-refractivity contribution < 1.29 is 19.5 Å². The van der Waals surface area contributed by atoms with Crippen LogP contribution in [0, 0.1) is 11.3 Å². The van der Waals surface area contributed by atoms with Crippen LogP contribution >= 0.6 is 0 Å². The van der Waals surface area contributed by atoms with E-state index in [-0.39, 0.29) is 35.4 Å². The number of amides is 2. The Bertz CT molecular complexity index is 711. The average molecular weight is 466 g/mol. The van der Waals surface area contributed by atoms with E-state index in [1.165, 1.54) is 6.92 Å². The van der Waals surface area contributed by atoms with Gasteiger partial charge < -0.3 is 15.3 Å². The summed E-state index contributed by atoms with van der Waals surface area (Å²) in [5.41, 5.74) is -0.296. The van der Waals surface area contributed by atoms with Crippen LogP contribution in [0.15, 0.2) is 11.6 Å². The van der Waals surface area contributed by atoms with E-state index in [9.17, 15) is 19.5 Å². The lowest BCUT2D eigenvalue weighted by atomic mass is 9.84. The second-order valence-corrected chi connectivity index (χ2v) is 11.0. The first-order valence-electron chi connectivity index (χ1n) is 12.5. The first-order chi connectivity index (χ1) is 15.2. The van der Waals surface area contributed by atoms with Crippen LogP contribution < -0.4 is 5.32 Å². The molecule has 1 aliphatic rings. The van der Waals surface area contributed by atoms with E-state index in [0.29, 0.717) is 6.04 Å². The number of likely N-dealkylation sites (tertiary alicyclic amines) is 1. The summed E-state index contributed by atoms with van der Waals surface area (Å²) < 4.78 is 0. The molecule has 0 bridgehead atoms. The highest BCUT2D eigenvalue weighted by atomic mass is 16.4. The van der Waals surface area contributed by atoms with Crippen LogP contribution in [0.25, 0.3) is 0 Å². The van der Waals surface area contributed by atoms with E-state index in [1.54, 1.807) is 18.0 Å². The molecule has 1 saturated heterocycles. The SMILES string of the molecule is CCCC(C)N1CCCC[C@@H]1C(=O)N[C@H](C(=O)N(C)[C@H](/C=C(\C)C(=O)O)C(C)C)C(C)(C)C. The number of hydrogen-bond acceptors (Lipinski definition) is 4. The first kappa shape index (κ1) is 29.1. The summed E-state index contributed by atoms with van der Waals surface area (Å²) in [6.07, 6.45) is 6.64. The van der Waals surface area contributed by atoms with Crippen molar-refractivity contribution in [3.63, 3.8) is 0 Å². The molecule has 7 nitrogen and oxygen atoms in total. The number of piperidine rings is 1. The zero-order chi connectivity index (χ0) is 25.5. The number of aliphatic carboxylic acids is 1. The molecule has 190 valence electrons. The molecule has 1 rings (SSSR count). The maximum atomic E-state index is 13.6. The van der Waals surface area contributed by atoms with Crippen LogP contribution in [0.5, 0.6) is 0 Å². The van der Waals surface area contributed by atoms with Crippen LogP contribution in [0.2, 0.25) is 0 Å². The minimum atomic E-state index is -0.999. The van der Waals surface area contributed by atoms with Crippen molar-refractivity contribution in [1.82, 2.24) is 15.1 Å². The summed E-state index contributed by atoms with van der Waals surface area (Å²) in [7, 11) is 1.69. The molecule has 1 heterocycles. The van der Waals surface area contributed by atoms with Crippen molar-refractivity contribution >= 4 is 17.8 Å². The Morgan fingerprint density at radius 1 is 1.18 bits per heavy atom. The Kier molecular flexibility index (Phi) is 11.1. The summed E-state index contributed by atoms with van der Waals surface area (Å²) >= 11 is 0. The Hall–Kier alpha value is -1.89. The Labute approximate surface area is 201 Å². The van der Waals surface area contributed by atoms with Gasteiger partial charge in [0.2, 0.25) is 11.8 Å². The molecule has 2 amide bonds. The standard InChI is InChI=1S/C26H47N3O4/c1-10-13-19(5)29-15-12-11-14-20(29)23(30)27-22(26(6,7)8)24(31)28(9)21(17(2)3)16-18(4)25(32)33/h16-17,19-22H,10-15H2,1-9H3,(H,27,30)(H,32,33)/b18-16+/t19?,20-,21-,22-/m1/s1. The van der Waals surface area contributed by atoms with Gasteiger partial charge in [-0.1, -0.05) is 60.5 Å². The van der Waals surface area contributed by atoms with E-state index in [2.05, 4.69) is 24.1 Å². The van der Waals surface area contributed by atoms with Crippen molar-refractivity contribution in [3.05, 3.63) is 11.6 Å². The summed E-state index contributed by atoms with van der Waals surface area (Å²) in [6.45, 7) is 16.5. The largest absolute Gasteiger partial charge is 0.478 e. The normalized spacial score (nSPS) is 20.8. The van der Waals surface area contributed by atoms with E-state index in [4.69, 9.17) is 0 Å². The first-order valence-corrected chi connectivity index (χ1v) is 12.5. The predicted octanol–water partition coefficient (Wildman–Crippen LogP) is 4.07. The molecular weight excluding hydrogens is 418 g/mol. The number of nitrogens with zero attached hydrogens (tertiary/aromatic N) is 2. The maximum absolute atomic E-state index is 13.6. The number of carbonyl (C=O) groups excluding carboxylic acids is 2. The van der Waals surface area contributed by atoms with Gasteiger partial charge in [0, 0.05) is 18.7 Å². The van der Waals surface area contributed by atoms with Crippen LogP contribution in [0.4, 0.5) is 0 Å². The fourth-order valence-corrected chi connectivity index (χ4v) is 4.66. The number of carboxylic acid groups (broad SMARTS) is 1. The molecule has 2 N–H and O–H groups in total. The molecule has 0 spiro atoms. The van der Waals surface area contributed by atoms with Crippen molar-refractivity contribution in [2.45, 2.75) is 112 Å². The summed E-state index contributed by atoms with van der Waals surface area (Å²) in [4.78, 5) is 42.4. The van der Waals surface area contributed by atoms with Gasteiger partial charge in [-0.25, -0.2) is 4.79 Å². The van der Waals surface area contributed by atoms with Gasteiger partial charge in [-0.2, -0.15) is 0 Å². The Morgan fingerprint density at radius 3 is 2.27 bits per heavy atom. The number of hydrogen-bond donors (Lipinski definition) is 2. The fourth-order valence-electron chi connectivity index (χ4n) is 4.66. The molecule has 0 aliphatic carbocycles. The van der Waals surface area contributed by atoms with E-state index >= 15 is 0 Å². The molecular formula is C26H47N3O4. The smallest absolute Gasteiger partial charge is 0.331 e. The molecule has 0 aromatic carbocycles. The quantitative estimate of drug-likeness (QED) is 0.475. The molecule has 33 heavy (non-hydrogen) atoms. The summed E-state index contributed by atoms with van der Waals surface area (Å²) in [5.74, 6) is -1.26. The lowest BCUT2D eigenvalue weighted by Crippen LogP contribution is -2.60. The van der Waals surface area contributed by atoms with Crippen LogP contribution in [0.3, 0.4) is 0 Å². The number of carbonyl (C=O) groups is 3. The van der Waals surface area contributed by atoms with Crippen molar-refractivity contribution in [2.24, 2.45) is 11.3 Å². The highest BCUT2D eigenvalue weighted by Gasteiger charge is 2.40. The van der Waals surface area contributed by atoms with Gasteiger partial charge in [-0.15, -0.1) is 0 Å². The van der Waals surface area contributed by atoms with Crippen LogP contribution in [0.1, 0.15) is 87.5 Å². The summed E-state index contributed by atoms with van der Waals surface area (Å²) in [6, 6.07) is -0.989. The fraction of sp³-hybridized carbons (Fsp3) is 0.808. The zero-order valence-electron chi connectivity index (χ0n) is 22.3. The third-order valence-electron chi connectivity index (χ3n) is 6.76. The monoisotopic (exact) mass is 465 g/mol. The number of rotatable bonds is 10. The van der Waals surface area contributed by atoms with Gasteiger partial charge in [0.05, 0.1) is 12.1 Å². The third-order valence-corrected chi connectivity index (χ3v) is 6.76. The number of carboxylic acids is 1. The molecule has 7 heteroatoms. The zero-order valence-corrected chi connectivity index (χ0v) is 22.3. The average Bonchev–Trinajstić information content (AvgIpc) is 2.73. The molecule has 0 saturated carbocycles. The van der Waals surface area contributed by atoms with Gasteiger partial charge in [0.25, 0.3) is 0 Å². The predicted molar refractivity (Wildman–Crippen MR) is 133 cm³/mol. The lowest BCUT2D eigenvalue weighted by Gasteiger charge is -2.41. The second-order valence-electron chi connectivity index (χ2n) is 11.0. The molecule has 1 fully saturated rings. The number of likely N-dealkylation sites (N-methyl/N-ethyl adjacent to an activating group) is 1. The molecule has 4 atom stereocenters. The molecule has 0 aromatic rings. The molecule has 1 aliphatic heterocycles. The van der Waals surface area contributed by atoms with Crippen LogP contribution in [-0.4, -0.2) is 70.4 Å².